The minimum atomic E-state index is -0.489. The number of esters is 1. The first-order valence-electron chi connectivity index (χ1n) is 5.86. The van der Waals surface area contributed by atoms with Gasteiger partial charge in [0.05, 0.1) is 38.1 Å². The molecular formula is C11H16ClN3O4. The highest BCUT2D eigenvalue weighted by Gasteiger charge is 2.09. The van der Waals surface area contributed by atoms with Gasteiger partial charge in [-0.2, -0.15) is 5.10 Å². The zero-order valence-electron chi connectivity index (χ0n) is 10.6. The minimum absolute atomic E-state index is 0.0210. The van der Waals surface area contributed by atoms with Crippen molar-refractivity contribution in [2.24, 2.45) is 0 Å². The molecule has 0 saturated carbocycles. The first-order valence-corrected chi connectivity index (χ1v) is 6.24. The second-order valence-electron chi connectivity index (χ2n) is 3.61. The van der Waals surface area contributed by atoms with Gasteiger partial charge in [0.25, 0.3) is 5.56 Å². The number of aromatic nitrogens is 2. The van der Waals surface area contributed by atoms with Crippen LogP contribution < -0.4 is 10.9 Å². The average molecular weight is 290 g/mol. The van der Waals surface area contributed by atoms with Gasteiger partial charge < -0.3 is 15.2 Å². The van der Waals surface area contributed by atoms with Gasteiger partial charge in [-0.25, -0.2) is 4.68 Å². The summed E-state index contributed by atoms with van der Waals surface area (Å²) in [6.07, 6.45) is 1.55. The van der Waals surface area contributed by atoms with Gasteiger partial charge in [0, 0.05) is 6.54 Å². The van der Waals surface area contributed by atoms with Gasteiger partial charge >= 0.3 is 5.97 Å². The Kier molecular flexibility index (Phi) is 6.31. The number of hydrogen-bond acceptors (Lipinski definition) is 6. The molecule has 1 aromatic heterocycles. The zero-order chi connectivity index (χ0) is 14.3. The van der Waals surface area contributed by atoms with Crippen LogP contribution in [0.2, 0.25) is 5.02 Å². The molecule has 106 valence electrons. The SMILES string of the molecule is CCOC(=O)CCNc1cnn(CCO)c(=O)c1Cl. The van der Waals surface area contributed by atoms with E-state index >= 15 is 0 Å². The normalized spacial score (nSPS) is 10.3. The van der Waals surface area contributed by atoms with Crippen molar-refractivity contribution >= 4 is 23.3 Å². The highest BCUT2D eigenvalue weighted by atomic mass is 35.5. The number of rotatable bonds is 7. The van der Waals surface area contributed by atoms with Gasteiger partial charge in [0.1, 0.15) is 5.02 Å². The molecule has 0 radical (unpaired) electrons. The molecule has 0 amide bonds. The largest absolute Gasteiger partial charge is 0.466 e. The van der Waals surface area contributed by atoms with E-state index < -0.39 is 5.56 Å². The fraction of sp³-hybridized carbons (Fsp3) is 0.545. The van der Waals surface area contributed by atoms with Crippen LogP contribution in [-0.2, 0) is 16.1 Å². The van der Waals surface area contributed by atoms with Crippen LogP contribution in [0.15, 0.2) is 11.0 Å². The second kappa shape index (κ2) is 7.75. The third-order valence-electron chi connectivity index (χ3n) is 2.25. The lowest BCUT2D eigenvalue weighted by Gasteiger charge is -2.09. The molecule has 0 aliphatic heterocycles. The molecule has 19 heavy (non-hydrogen) atoms. The van der Waals surface area contributed by atoms with Crippen molar-refractivity contribution in [1.29, 1.82) is 0 Å². The van der Waals surface area contributed by atoms with Crippen LogP contribution in [0.1, 0.15) is 13.3 Å². The smallest absolute Gasteiger partial charge is 0.307 e. The van der Waals surface area contributed by atoms with E-state index in [0.29, 0.717) is 18.8 Å². The topological polar surface area (TPSA) is 93.4 Å². The molecule has 0 fully saturated rings. The third-order valence-corrected chi connectivity index (χ3v) is 2.61. The Hall–Kier alpha value is -1.60. The third kappa shape index (κ3) is 4.53. The van der Waals surface area contributed by atoms with Crippen molar-refractivity contribution in [3.63, 3.8) is 0 Å². The summed E-state index contributed by atoms with van der Waals surface area (Å²) in [7, 11) is 0. The van der Waals surface area contributed by atoms with E-state index in [-0.39, 0.29) is 30.6 Å². The van der Waals surface area contributed by atoms with E-state index in [4.69, 9.17) is 21.4 Å². The minimum Gasteiger partial charge on any atom is -0.466 e. The number of aliphatic hydroxyl groups is 1. The molecule has 0 aromatic carbocycles. The summed E-state index contributed by atoms with van der Waals surface area (Å²) < 4.78 is 5.83. The van der Waals surface area contributed by atoms with Crippen LogP contribution in [0.25, 0.3) is 0 Å². The molecule has 0 bridgehead atoms. The number of aliphatic hydroxyl groups excluding tert-OH is 1. The molecule has 2 N–H and O–H groups in total. The lowest BCUT2D eigenvalue weighted by molar-refractivity contribution is -0.142. The maximum atomic E-state index is 11.7. The van der Waals surface area contributed by atoms with Crippen molar-refractivity contribution in [3.05, 3.63) is 21.6 Å². The Morgan fingerprint density at radius 1 is 1.63 bits per heavy atom. The summed E-state index contributed by atoms with van der Waals surface area (Å²) in [6.45, 7) is 2.25. The summed E-state index contributed by atoms with van der Waals surface area (Å²) in [6, 6.07) is 0. The number of anilines is 1. The Morgan fingerprint density at radius 3 is 3.00 bits per heavy atom. The predicted octanol–water partition coefficient (Wildman–Crippen LogP) is 0.254. The van der Waals surface area contributed by atoms with E-state index in [1.54, 1.807) is 6.92 Å². The predicted molar refractivity (Wildman–Crippen MR) is 70.3 cm³/mol. The van der Waals surface area contributed by atoms with Crippen LogP contribution >= 0.6 is 11.6 Å². The molecule has 0 saturated heterocycles. The molecule has 0 aliphatic rings. The molecular weight excluding hydrogens is 274 g/mol. The maximum absolute atomic E-state index is 11.7. The van der Waals surface area contributed by atoms with E-state index in [9.17, 15) is 9.59 Å². The van der Waals surface area contributed by atoms with Crippen LogP contribution in [0.5, 0.6) is 0 Å². The zero-order valence-corrected chi connectivity index (χ0v) is 11.3. The fourth-order valence-electron chi connectivity index (χ4n) is 1.37. The molecule has 7 nitrogen and oxygen atoms in total. The number of ether oxygens (including phenoxy) is 1. The molecule has 0 atom stereocenters. The summed E-state index contributed by atoms with van der Waals surface area (Å²) in [5.74, 6) is -0.326. The molecule has 0 spiro atoms. The Morgan fingerprint density at radius 2 is 2.37 bits per heavy atom. The van der Waals surface area contributed by atoms with Crippen LogP contribution in [0.4, 0.5) is 5.69 Å². The van der Waals surface area contributed by atoms with Crippen LogP contribution in [-0.4, -0.2) is 40.6 Å². The molecule has 1 heterocycles. The van der Waals surface area contributed by atoms with Gasteiger partial charge in [-0.1, -0.05) is 11.6 Å². The van der Waals surface area contributed by atoms with Gasteiger partial charge in [-0.3, -0.25) is 9.59 Å². The first-order chi connectivity index (χ1) is 9.10. The Balaban J connectivity index is 2.62. The van der Waals surface area contributed by atoms with Crippen LogP contribution in [0.3, 0.4) is 0 Å². The van der Waals surface area contributed by atoms with Gasteiger partial charge in [-0.15, -0.1) is 0 Å². The highest BCUT2D eigenvalue weighted by Crippen LogP contribution is 2.14. The number of nitrogens with one attached hydrogen (secondary N) is 1. The number of carbonyl (C=O) groups is 1. The van der Waals surface area contributed by atoms with Gasteiger partial charge in [0.15, 0.2) is 0 Å². The fourth-order valence-corrected chi connectivity index (χ4v) is 1.59. The lowest BCUT2D eigenvalue weighted by Crippen LogP contribution is -2.26. The number of carbonyl (C=O) groups excluding carboxylic acids is 1. The average Bonchev–Trinajstić information content (AvgIpc) is 2.38. The molecule has 0 unspecified atom stereocenters. The lowest BCUT2D eigenvalue weighted by atomic mass is 10.4. The summed E-state index contributed by atoms with van der Waals surface area (Å²) in [4.78, 5) is 22.8. The van der Waals surface area contributed by atoms with Crippen molar-refractivity contribution in [2.45, 2.75) is 19.9 Å². The maximum Gasteiger partial charge on any atom is 0.307 e. The van der Waals surface area contributed by atoms with E-state index in [0.717, 1.165) is 4.68 Å². The van der Waals surface area contributed by atoms with E-state index in [2.05, 4.69) is 10.4 Å². The van der Waals surface area contributed by atoms with Gasteiger partial charge in [0.2, 0.25) is 0 Å². The van der Waals surface area contributed by atoms with E-state index in [1.165, 1.54) is 6.20 Å². The second-order valence-corrected chi connectivity index (χ2v) is 3.98. The molecule has 0 aliphatic carbocycles. The highest BCUT2D eigenvalue weighted by molar-refractivity contribution is 6.32. The van der Waals surface area contributed by atoms with Crippen LogP contribution in [0, 0.1) is 0 Å². The quantitative estimate of drug-likeness (QED) is 0.699. The van der Waals surface area contributed by atoms with Crippen molar-refractivity contribution in [3.8, 4) is 0 Å². The molecule has 1 rings (SSSR count). The molecule has 8 heteroatoms. The summed E-state index contributed by atoms with van der Waals surface area (Å²) >= 11 is 5.88. The Labute approximate surface area is 115 Å². The standard InChI is InChI=1S/C11H16ClN3O4/c1-2-19-9(17)3-4-13-8-7-14-15(5-6-16)11(18)10(8)12/h7,13,16H,2-6H2,1H3. The number of nitrogens with zero attached hydrogens (tertiary/aromatic N) is 2. The van der Waals surface area contributed by atoms with E-state index in [1.807, 2.05) is 0 Å². The summed E-state index contributed by atoms with van der Waals surface area (Å²) in [5, 5.41) is 15.4. The first kappa shape index (κ1) is 15.5. The summed E-state index contributed by atoms with van der Waals surface area (Å²) in [5.41, 5.74) is -0.137. The Bertz CT molecular complexity index is 489. The van der Waals surface area contributed by atoms with Gasteiger partial charge in [-0.05, 0) is 6.92 Å². The van der Waals surface area contributed by atoms with Crippen molar-refractivity contribution in [1.82, 2.24) is 9.78 Å². The van der Waals surface area contributed by atoms with Crippen molar-refractivity contribution < 1.29 is 14.6 Å². The number of halogens is 1. The number of hydrogen-bond donors (Lipinski definition) is 2. The monoisotopic (exact) mass is 289 g/mol. The van der Waals surface area contributed by atoms with Crippen molar-refractivity contribution in [2.75, 3.05) is 25.1 Å². The molecule has 1 aromatic rings.